The van der Waals surface area contributed by atoms with Gasteiger partial charge in [-0.25, -0.2) is 9.40 Å². The van der Waals surface area contributed by atoms with Crippen LogP contribution in [-0.4, -0.2) is 50.6 Å². The van der Waals surface area contributed by atoms with Gasteiger partial charge in [0.15, 0.2) is 0 Å². The first-order valence-electron chi connectivity index (χ1n) is 7.09. The highest BCUT2D eigenvalue weighted by Gasteiger charge is 2.28. The molecule has 0 amide bonds. The lowest BCUT2D eigenvalue weighted by molar-refractivity contribution is -0.274. The first kappa shape index (κ1) is 17.7. The first-order valence-corrected chi connectivity index (χ1v) is 7.09. The molecule has 126 valence electrons. The zero-order valence-corrected chi connectivity index (χ0v) is 13.1. The maximum Gasteiger partial charge on any atom is 0.285 e. The summed E-state index contributed by atoms with van der Waals surface area (Å²) in [5, 5.41) is 33.4. The van der Waals surface area contributed by atoms with Crippen LogP contribution in [0.1, 0.15) is 11.1 Å². The standard InChI is InChI=1S/C17H18FN3O3/c1-12(13-7-9-19-10-8-13)16(14-3-5-15(18)6-4-14)20-21(2)17(23,24)11-22/h3-10,22-24H,1,11H2,2H3/b20-16+. The Morgan fingerprint density at radius 1 is 1.17 bits per heavy atom. The monoisotopic (exact) mass is 331 g/mol. The van der Waals surface area contributed by atoms with Crippen LogP contribution in [-0.2, 0) is 0 Å². The van der Waals surface area contributed by atoms with Gasteiger partial charge in [-0.2, -0.15) is 5.10 Å². The third kappa shape index (κ3) is 4.02. The van der Waals surface area contributed by atoms with Gasteiger partial charge in [-0.1, -0.05) is 6.58 Å². The van der Waals surface area contributed by atoms with Gasteiger partial charge in [-0.05, 0) is 42.0 Å². The third-order valence-electron chi connectivity index (χ3n) is 3.41. The van der Waals surface area contributed by atoms with Gasteiger partial charge in [0, 0.05) is 30.6 Å². The minimum Gasteiger partial charge on any atom is -0.389 e. The van der Waals surface area contributed by atoms with Crippen molar-refractivity contribution >= 4 is 11.3 Å². The number of pyridine rings is 1. The molecule has 0 spiro atoms. The highest BCUT2D eigenvalue weighted by Crippen LogP contribution is 2.20. The van der Waals surface area contributed by atoms with E-state index >= 15 is 0 Å². The number of aliphatic hydroxyl groups excluding tert-OH is 1. The number of hydrogen-bond donors (Lipinski definition) is 3. The lowest BCUT2D eigenvalue weighted by Gasteiger charge is -2.28. The predicted molar refractivity (Wildman–Crippen MR) is 88.2 cm³/mol. The van der Waals surface area contributed by atoms with Crippen LogP contribution in [0.5, 0.6) is 0 Å². The van der Waals surface area contributed by atoms with Crippen LogP contribution < -0.4 is 0 Å². The number of aromatic nitrogens is 1. The van der Waals surface area contributed by atoms with Gasteiger partial charge in [-0.15, -0.1) is 0 Å². The van der Waals surface area contributed by atoms with Gasteiger partial charge in [0.25, 0.3) is 5.91 Å². The summed E-state index contributed by atoms with van der Waals surface area (Å²) < 4.78 is 13.2. The number of likely N-dealkylation sites (N-methyl/N-ethyl adjacent to an activating group) is 1. The molecular formula is C17H18FN3O3. The second-order valence-corrected chi connectivity index (χ2v) is 5.13. The summed E-state index contributed by atoms with van der Waals surface area (Å²) in [6.07, 6.45) is 3.17. The van der Waals surface area contributed by atoms with Crippen molar-refractivity contribution in [2.45, 2.75) is 5.91 Å². The number of allylic oxidation sites excluding steroid dienone is 1. The van der Waals surface area contributed by atoms with Crippen LogP contribution in [0.4, 0.5) is 4.39 Å². The molecule has 0 saturated carbocycles. The van der Waals surface area contributed by atoms with Gasteiger partial charge in [0.1, 0.15) is 12.4 Å². The maximum atomic E-state index is 13.2. The van der Waals surface area contributed by atoms with E-state index < -0.39 is 18.3 Å². The van der Waals surface area contributed by atoms with E-state index in [1.165, 1.54) is 31.3 Å². The topological polar surface area (TPSA) is 89.2 Å². The molecule has 2 aromatic rings. The van der Waals surface area contributed by atoms with Crippen LogP contribution in [0.2, 0.25) is 0 Å². The van der Waals surface area contributed by atoms with E-state index in [2.05, 4.69) is 16.7 Å². The molecule has 0 aliphatic heterocycles. The number of aliphatic hydroxyl groups is 3. The van der Waals surface area contributed by atoms with Crippen LogP contribution in [0, 0.1) is 5.82 Å². The second-order valence-electron chi connectivity index (χ2n) is 5.13. The van der Waals surface area contributed by atoms with Crippen molar-refractivity contribution < 1.29 is 19.7 Å². The Morgan fingerprint density at radius 2 is 1.75 bits per heavy atom. The number of benzene rings is 1. The van der Waals surface area contributed by atoms with Gasteiger partial charge in [0.05, 0.1) is 5.71 Å². The lowest BCUT2D eigenvalue weighted by atomic mass is 9.98. The molecule has 0 bridgehead atoms. The number of hydrazone groups is 1. The van der Waals surface area contributed by atoms with Crippen LogP contribution in [0.25, 0.3) is 5.57 Å². The summed E-state index contributed by atoms with van der Waals surface area (Å²) in [5.41, 5.74) is 2.01. The molecule has 0 saturated heterocycles. The molecule has 24 heavy (non-hydrogen) atoms. The minimum absolute atomic E-state index is 0.296. The minimum atomic E-state index is -2.54. The number of nitrogens with zero attached hydrogens (tertiary/aromatic N) is 3. The summed E-state index contributed by atoms with van der Waals surface area (Å²) in [5.74, 6) is -2.95. The van der Waals surface area contributed by atoms with Crippen LogP contribution in [0.3, 0.4) is 0 Å². The highest BCUT2D eigenvalue weighted by molar-refractivity contribution is 6.31. The van der Waals surface area contributed by atoms with Crippen molar-refractivity contribution in [3.05, 3.63) is 72.3 Å². The van der Waals surface area contributed by atoms with Gasteiger partial charge >= 0.3 is 0 Å². The molecule has 0 fully saturated rings. The molecule has 0 radical (unpaired) electrons. The Labute approximate surface area is 138 Å². The fourth-order valence-corrected chi connectivity index (χ4v) is 1.92. The molecule has 3 N–H and O–H groups in total. The molecule has 0 aliphatic carbocycles. The fourth-order valence-electron chi connectivity index (χ4n) is 1.92. The maximum absolute atomic E-state index is 13.2. The smallest absolute Gasteiger partial charge is 0.285 e. The van der Waals surface area contributed by atoms with Crippen LogP contribution in [0.15, 0.2) is 60.5 Å². The summed E-state index contributed by atoms with van der Waals surface area (Å²) in [6.45, 7) is 3.04. The SMILES string of the molecule is C=C(/C(=N\N(C)C(O)(O)CO)c1ccc(F)cc1)c1ccncc1. The average molecular weight is 331 g/mol. The molecule has 0 unspecified atom stereocenters. The van der Waals surface area contributed by atoms with Gasteiger partial charge in [-0.3, -0.25) is 4.98 Å². The lowest BCUT2D eigenvalue weighted by Crippen LogP contribution is -2.47. The van der Waals surface area contributed by atoms with Crippen LogP contribution >= 0.6 is 0 Å². The average Bonchev–Trinajstić information content (AvgIpc) is 2.60. The summed E-state index contributed by atoms with van der Waals surface area (Å²) in [6, 6.07) is 8.98. The van der Waals surface area contributed by atoms with E-state index in [1.54, 1.807) is 24.5 Å². The molecular weight excluding hydrogens is 313 g/mol. The zero-order chi connectivity index (χ0) is 17.7. The third-order valence-corrected chi connectivity index (χ3v) is 3.41. The Balaban J connectivity index is 2.49. The van der Waals surface area contributed by atoms with Gasteiger partial charge in [0.2, 0.25) is 0 Å². The summed E-state index contributed by atoms with van der Waals surface area (Å²) >= 11 is 0. The Kier molecular flexibility index (Phi) is 5.40. The van der Waals surface area contributed by atoms with Crippen molar-refractivity contribution in [2.75, 3.05) is 13.7 Å². The van der Waals surface area contributed by atoms with Crippen molar-refractivity contribution in [3.8, 4) is 0 Å². The van der Waals surface area contributed by atoms with Crippen molar-refractivity contribution in [3.63, 3.8) is 0 Å². The molecule has 7 heteroatoms. The quantitative estimate of drug-likeness (QED) is 0.420. The largest absolute Gasteiger partial charge is 0.389 e. The Hall–Kier alpha value is -2.61. The number of halogens is 1. The molecule has 2 rings (SSSR count). The molecule has 1 aromatic heterocycles. The van der Waals surface area contributed by atoms with Gasteiger partial charge < -0.3 is 15.3 Å². The molecule has 0 atom stereocenters. The second kappa shape index (κ2) is 7.31. The van der Waals surface area contributed by atoms with E-state index in [4.69, 9.17) is 5.11 Å². The normalized spacial score (nSPS) is 12.1. The van der Waals surface area contributed by atoms with E-state index in [1.807, 2.05) is 0 Å². The van der Waals surface area contributed by atoms with Crippen molar-refractivity contribution in [1.29, 1.82) is 0 Å². The Morgan fingerprint density at radius 3 is 2.29 bits per heavy atom. The molecule has 6 nitrogen and oxygen atoms in total. The Bertz CT molecular complexity index is 731. The van der Waals surface area contributed by atoms with E-state index in [0.29, 0.717) is 22.4 Å². The highest BCUT2D eigenvalue weighted by atomic mass is 19.1. The summed E-state index contributed by atoms with van der Waals surface area (Å²) in [4.78, 5) is 3.93. The molecule has 0 aliphatic rings. The number of hydrogen-bond acceptors (Lipinski definition) is 6. The van der Waals surface area contributed by atoms with Crippen molar-refractivity contribution in [1.82, 2.24) is 9.99 Å². The van der Waals surface area contributed by atoms with Crippen molar-refractivity contribution in [2.24, 2.45) is 5.10 Å². The number of rotatable bonds is 6. The first-order chi connectivity index (χ1) is 11.3. The molecule has 1 heterocycles. The zero-order valence-electron chi connectivity index (χ0n) is 13.1. The van der Waals surface area contributed by atoms with E-state index in [0.717, 1.165) is 5.01 Å². The molecule has 1 aromatic carbocycles. The van der Waals surface area contributed by atoms with E-state index in [-0.39, 0.29) is 0 Å². The summed E-state index contributed by atoms with van der Waals surface area (Å²) in [7, 11) is 1.29. The fraction of sp³-hybridized carbons (Fsp3) is 0.176. The van der Waals surface area contributed by atoms with E-state index in [9.17, 15) is 14.6 Å². The predicted octanol–water partition coefficient (Wildman–Crippen LogP) is 1.20.